The molecule has 0 radical (unpaired) electrons. The van der Waals surface area contributed by atoms with E-state index in [9.17, 15) is 0 Å². The Labute approximate surface area is 70.0 Å². The molecular weight excluding hydrogens is 136 g/mol. The second kappa shape index (κ2) is 4.07. The van der Waals surface area contributed by atoms with Gasteiger partial charge in [0.15, 0.2) is 0 Å². The third-order valence-corrected chi connectivity index (χ3v) is 2.56. The van der Waals surface area contributed by atoms with Gasteiger partial charge in [0.05, 0.1) is 0 Å². The SMILES string of the molecule is CNCC(C)CN1CCC1C. The maximum atomic E-state index is 3.21. The molecule has 0 aromatic rings. The van der Waals surface area contributed by atoms with Crippen LogP contribution in [-0.4, -0.2) is 37.6 Å². The zero-order valence-corrected chi connectivity index (χ0v) is 7.93. The minimum atomic E-state index is 0.794. The van der Waals surface area contributed by atoms with Crippen LogP contribution in [0.3, 0.4) is 0 Å². The number of likely N-dealkylation sites (tertiary alicyclic amines) is 1. The van der Waals surface area contributed by atoms with Crippen molar-refractivity contribution in [2.24, 2.45) is 5.92 Å². The zero-order valence-electron chi connectivity index (χ0n) is 7.93. The number of nitrogens with one attached hydrogen (secondary N) is 1. The predicted molar refractivity (Wildman–Crippen MR) is 48.7 cm³/mol. The van der Waals surface area contributed by atoms with Gasteiger partial charge in [-0.15, -0.1) is 0 Å². The van der Waals surface area contributed by atoms with Crippen LogP contribution >= 0.6 is 0 Å². The molecule has 1 heterocycles. The number of hydrogen-bond donors (Lipinski definition) is 1. The lowest BCUT2D eigenvalue weighted by molar-refractivity contribution is 0.0870. The molecule has 1 fully saturated rings. The van der Waals surface area contributed by atoms with Gasteiger partial charge in [0.1, 0.15) is 0 Å². The average Bonchev–Trinajstić information content (AvgIpc) is 1.98. The van der Waals surface area contributed by atoms with Gasteiger partial charge >= 0.3 is 0 Å². The highest BCUT2D eigenvalue weighted by Crippen LogP contribution is 2.17. The Bertz CT molecular complexity index is 114. The maximum absolute atomic E-state index is 3.21. The van der Waals surface area contributed by atoms with Crippen molar-refractivity contribution >= 4 is 0 Å². The van der Waals surface area contributed by atoms with Crippen LogP contribution < -0.4 is 5.32 Å². The van der Waals surface area contributed by atoms with Gasteiger partial charge in [-0.05, 0) is 39.4 Å². The molecule has 2 nitrogen and oxygen atoms in total. The first-order valence-corrected chi connectivity index (χ1v) is 4.62. The van der Waals surface area contributed by atoms with E-state index < -0.39 is 0 Å². The van der Waals surface area contributed by atoms with Crippen LogP contribution in [0.4, 0.5) is 0 Å². The number of nitrogens with zero attached hydrogens (tertiary/aromatic N) is 1. The molecular formula is C9H20N2. The predicted octanol–water partition coefficient (Wildman–Crippen LogP) is 0.936. The molecule has 1 rings (SSSR count). The molecule has 2 atom stereocenters. The minimum Gasteiger partial charge on any atom is -0.319 e. The van der Waals surface area contributed by atoms with E-state index in [1.807, 2.05) is 7.05 Å². The Morgan fingerprint density at radius 2 is 2.36 bits per heavy atom. The Morgan fingerprint density at radius 1 is 1.64 bits per heavy atom. The molecule has 0 aromatic carbocycles. The number of hydrogen-bond acceptors (Lipinski definition) is 2. The van der Waals surface area contributed by atoms with Crippen LogP contribution in [0.2, 0.25) is 0 Å². The second-order valence-corrected chi connectivity index (χ2v) is 3.80. The van der Waals surface area contributed by atoms with E-state index in [-0.39, 0.29) is 0 Å². The molecule has 0 bridgehead atoms. The van der Waals surface area contributed by atoms with Crippen LogP contribution in [0.5, 0.6) is 0 Å². The van der Waals surface area contributed by atoms with E-state index in [1.54, 1.807) is 0 Å². The third-order valence-electron chi connectivity index (χ3n) is 2.56. The molecule has 0 saturated carbocycles. The van der Waals surface area contributed by atoms with E-state index >= 15 is 0 Å². The fourth-order valence-corrected chi connectivity index (χ4v) is 1.65. The Morgan fingerprint density at radius 3 is 2.73 bits per heavy atom. The number of rotatable bonds is 4. The summed E-state index contributed by atoms with van der Waals surface area (Å²) in [6.07, 6.45) is 1.40. The van der Waals surface area contributed by atoms with Crippen molar-refractivity contribution in [1.29, 1.82) is 0 Å². The lowest BCUT2D eigenvalue weighted by Crippen LogP contribution is -2.48. The van der Waals surface area contributed by atoms with E-state index in [1.165, 1.54) is 19.5 Å². The summed E-state index contributed by atoms with van der Waals surface area (Å²) in [4.78, 5) is 2.56. The summed E-state index contributed by atoms with van der Waals surface area (Å²) in [7, 11) is 2.02. The standard InChI is InChI=1S/C9H20N2/c1-8(6-10-3)7-11-5-4-9(11)2/h8-10H,4-7H2,1-3H3. The lowest BCUT2D eigenvalue weighted by atomic mass is 10.0. The third kappa shape index (κ3) is 2.46. The lowest BCUT2D eigenvalue weighted by Gasteiger charge is -2.40. The molecule has 1 N–H and O–H groups in total. The zero-order chi connectivity index (χ0) is 8.27. The van der Waals surface area contributed by atoms with Crippen LogP contribution in [0.25, 0.3) is 0 Å². The molecule has 1 aliphatic heterocycles. The molecule has 0 aromatic heterocycles. The Kier molecular flexibility index (Phi) is 3.34. The topological polar surface area (TPSA) is 15.3 Å². The van der Waals surface area contributed by atoms with Crippen molar-refractivity contribution in [3.05, 3.63) is 0 Å². The molecule has 0 spiro atoms. The van der Waals surface area contributed by atoms with Crippen molar-refractivity contribution < 1.29 is 0 Å². The first-order valence-electron chi connectivity index (χ1n) is 4.62. The monoisotopic (exact) mass is 156 g/mol. The van der Waals surface area contributed by atoms with Crippen molar-refractivity contribution in [3.63, 3.8) is 0 Å². The molecule has 0 amide bonds. The largest absolute Gasteiger partial charge is 0.319 e. The van der Waals surface area contributed by atoms with Gasteiger partial charge in [-0.2, -0.15) is 0 Å². The fourth-order valence-electron chi connectivity index (χ4n) is 1.65. The molecule has 11 heavy (non-hydrogen) atoms. The van der Waals surface area contributed by atoms with Crippen LogP contribution in [-0.2, 0) is 0 Å². The second-order valence-electron chi connectivity index (χ2n) is 3.80. The van der Waals surface area contributed by atoms with Gasteiger partial charge in [-0.3, -0.25) is 0 Å². The van der Waals surface area contributed by atoms with Crippen LogP contribution in [0.15, 0.2) is 0 Å². The first-order chi connectivity index (χ1) is 5.24. The van der Waals surface area contributed by atoms with Gasteiger partial charge in [0.2, 0.25) is 0 Å². The van der Waals surface area contributed by atoms with E-state index in [0.29, 0.717) is 0 Å². The summed E-state index contributed by atoms with van der Waals surface area (Å²) < 4.78 is 0. The fraction of sp³-hybridized carbons (Fsp3) is 1.00. The average molecular weight is 156 g/mol. The van der Waals surface area contributed by atoms with E-state index in [2.05, 4.69) is 24.1 Å². The highest BCUT2D eigenvalue weighted by atomic mass is 15.2. The summed E-state index contributed by atoms with van der Waals surface area (Å²) in [5, 5.41) is 3.21. The summed E-state index contributed by atoms with van der Waals surface area (Å²) in [5.74, 6) is 0.794. The van der Waals surface area contributed by atoms with Crippen molar-refractivity contribution in [2.45, 2.75) is 26.3 Å². The van der Waals surface area contributed by atoms with Crippen LogP contribution in [0.1, 0.15) is 20.3 Å². The van der Waals surface area contributed by atoms with Gasteiger partial charge in [-0.25, -0.2) is 0 Å². The Balaban J connectivity index is 2.09. The van der Waals surface area contributed by atoms with E-state index in [4.69, 9.17) is 0 Å². The van der Waals surface area contributed by atoms with E-state index in [0.717, 1.165) is 18.5 Å². The smallest absolute Gasteiger partial charge is 0.00792 e. The summed E-state index contributed by atoms with van der Waals surface area (Å²) in [6, 6.07) is 0.842. The molecule has 66 valence electrons. The Hall–Kier alpha value is -0.0800. The molecule has 0 aliphatic carbocycles. The quantitative estimate of drug-likeness (QED) is 0.651. The van der Waals surface area contributed by atoms with Gasteiger partial charge < -0.3 is 10.2 Å². The molecule has 2 heteroatoms. The normalized spacial score (nSPS) is 28.1. The highest BCUT2D eigenvalue weighted by molar-refractivity contribution is 4.79. The van der Waals surface area contributed by atoms with Gasteiger partial charge in [0.25, 0.3) is 0 Å². The highest BCUT2D eigenvalue weighted by Gasteiger charge is 2.23. The van der Waals surface area contributed by atoms with Crippen molar-refractivity contribution in [2.75, 3.05) is 26.7 Å². The molecule has 2 unspecified atom stereocenters. The summed E-state index contributed by atoms with van der Waals surface area (Å²) >= 11 is 0. The van der Waals surface area contributed by atoms with Gasteiger partial charge in [0, 0.05) is 12.6 Å². The molecule has 1 aliphatic rings. The maximum Gasteiger partial charge on any atom is 0.00792 e. The summed E-state index contributed by atoms with van der Waals surface area (Å²) in [6.45, 7) is 8.34. The minimum absolute atomic E-state index is 0.794. The van der Waals surface area contributed by atoms with Crippen molar-refractivity contribution in [1.82, 2.24) is 10.2 Å². The van der Waals surface area contributed by atoms with Crippen molar-refractivity contribution in [3.8, 4) is 0 Å². The van der Waals surface area contributed by atoms with Crippen LogP contribution in [0, 0.1) is 5.92 Å². The summed E-state index contributed by atoms with van der Waals surface area (Å²) in [5.41, 5.74) is 0. The first kappa shape index (κ1) is 9.01. The molecule has 1 saturated heterocycles. The van der Waals surface area contributed by atoms with Gasteiger partial charge in [-0.1, -0.05) is 6.92 Å².